The van der Waals surface area contributed by atoms with Gasteiger partial charge in [0.25, 0.3) is 5.91 Å². The summed E-state index contributed by atoms with van der Waals surface area (Å²) in [6, 6.07) is 8.34. The molecule has 0 radical (unpaired) electrons. The van der Waals surface area contributed by atoms with E-state index in [0.717, 1.165) is 6.20 Å². The highest BCUT2D eigenvalue weighted by molar-refractivity contribution is 5.95. The Balaban J connectivity index is 1.49. The normalized spacial score (nSPS) is 16.4. The Kier molecular flexibility index (Phi) is 5.62. The number of nitrogens with one attached hydrogen (secondary N) is 1. The number of halogens is 1. The molecule has 1 aliphatic heterocycles. The fourth-order valence-corrected chi connectivity index (χ4v) is 3.26. The first-order valence-corrected chi connectivity index (χ1v) is 9.56. The average Bonchev–Trinajstić information content (AvgIpc) is 2.75. The molecule has 4 rings (SSSR count). The van der Waals surface area contributed by atoms with Crippen LogP contribution in [0.15, 0.2) is 42.7 Å². The summed E-state index contributed by atoms with van der Waals surface area (Å²) in [5.41, 5.74) is 1.84. The number of nitrogens with zero attached hydrogens (tertiary/aromatic N) is 5. The van der Waals surface area contributed by atoms with Crippen LogP contribution in [0.1, 0.15) is 33.7 Å². The minimum absolute atomic E-state index is 0.120. The molecule has 1 N–H and O–H groups in total. The van der Waals surface area contributed by atoms with Crippen molar-refractivity contribution in [3.63, 3.8) is 0 Å². The molecule has 3 aromatic rings. The van der Waals surface area contributed by atoms with E-state index in [2.05, 4.69) is 25.3 Å². The van der Waals surface area contributed by atoms with Gasteiger partial charge in [0.05, 0.1) is 36.3 Å². The Labute approximate surface area is 173 Å². The lowest BCUT2D eigenvalue weighted by atomic mass is 10.1. The van der Waals surface area contributed by atoms with Crippen molar-refractivity contribution in [2.45, 2.75) is 20.0 Å². The zero-order valence-electron chi connectivity index (χ0n) is 16.7. The molecule has 1 atom stereocenters. The van der Waals surface area contributed by atoms with Crippen LogP contribution in [0.25, 0.3) is 0 Å². The van der Waals surface area contributed by atoms with Gasteiger partial charge in [0.1, 0.15) is 29.4 Å². The topological polar surface area (TPSA) is 93.1 Å². The summed E-state index contributed by atoms with van der Waals surface area (Å²) in [5, 5.41) is 3.04. The van der Waals surface area contributed by atoms with Crippen LogP contribution in [0.3, 0.4) is 0 Å². The van der Waals surface area contributed by atoms with Crippen molar-refractivity contribution in [2.24, 2.45) is 0 Å². The van der Waals surface area contributed by atoms with Crippen LogP contribution in [0.5, 0.6) is 0 Å². The number of hydrogen-bond acceptors (Lipinski definition) is 7. The fourth-order valence-electron chi connectivity index (χ4n) is 3.26. The second kappa shape index (κ2) is 8.50. The molecule has 154 valence electrons. The highest BCUT2D eigenvalue weighted by atomic mass is 19.1. The Morgan fingerprint density at radius 3 is 2.77 bits per heavy atom. The number of anilines is 2. The number of rotatable bonds is 4. The van der Waals surface area contributed by atoms with E-state index < -0.39 is 5.82 Å². The van der Waals surface area contributed by atoms with Gasteiger partial charge in [-0.3, -0.25) is 4.79 Å². The lowest BCUT2D eigenvalue weighted by Crippen LogP contribution is -2.42. The first-order valence-electron chi connectivity index (χ1n) is 9.56. The van der Waals surface area contributed by atoms with E-state index in [1.54, 1.807) is 31.0 Å². The molecular formula is C21H21FN6O2. The summed E-state index contributed by atoms with van der Waals surface area (Å²) >= 11 is 0. The van der Waals surface area contributed by atoms with E-state index in [1.165, 1.54) is 12.1 Å². The van der Waals surface area contributed by atoms with Crippen LogP contribution in [0, 0.1) is 19.7 Å². The van der Waals surface area contributed by atoms with Gasteiger partial charge in [0.2, 0.25) is 0 Å². The Morgan fingerprint density at radius 2 is 2.00 bits per heavy atom. The van der Waals surface area contributed by atoms with E-state index in [9.17, 15) is 9.18 Å². The van der Waals surface area contributed by atoms with Crippen molar-refractivity contribution >= 4 is 17.5 Å². The van der Waals surface area contributed by atoms with E-state index in [-0.39, 0.29) is 12.0 Å². The number of hydrogen-bond donors (Lipinski definition) is 1. The minimum atomic E-state index is -0.406. The second-order valence-corrected chi connectivity index (χ2v) is 6.96. The second-order valence-electron chi connectivity index (χ2n) is 6.96. The number of aromatic nitrogens is 4. The molecule has 8 nitrogen and oxygen atoms in total. The standard InChI is InChI=1S/C21H21FN6O2/c1-13-16(11-23-14(2)25-13)21(29)28-8-9-30-18(12-28)17-4-3-5-20(26-17)27-19-7-6-15(22)10-24-19/h3-7,10-11,18H,8-9,12H2,1-2H3,(H,24,26,27)/t18-/m1/s1. The molecule has 0 unspecified atom stereocenters. The summed E-state index contributed by atoms with van der Waals surface area (Å²) < 4.78 is 18.9. The third kappa shape index (κ3) is 4.41. The smallest absolute Gasteiger partial charge is 0.257 e. The average molecular weight is 408 g/mol. The van der Waals surface area contributed by atoms with Crippen molar-refractivity contribution < 1.29 is 13.9 Å². The van der Waals surface area contributed by atoms with Crippen LogP contribution in [-0.4, -0.2) is 50.4 Å². The first-order chi connectivity index (χ1) is 14.5. The SMILES string of the molecule is Cc1ncc(C(=O)N2CCO[C@@H](c3cccc(Nc4ccc(F)cn4)n3)C2)c(C)n1. The number of pyridine rings is 2. The maximum absolute atomic E-state index is 13.0. The molecular weight excluding hydrogens is 387 g/mol. The minimum Gasteiger partial charge on any atom is -0.368 e. The lowest BCUT2D eigenvalue weighted by Gasteiger charge is -2.33. The monoisotopic (exact) mass is 408 g/mol. The van der Waals surface area contributed by atoms with Gasteiger partial charge in [0.15, 0.2) is 0 Å². The van der Waals surface area contributed by atoms with Gasteiger partial charge < -0.3 is 15.0 Å². The zero-order valence-corrected chi connectivity index (χ0v) is 16.7. The number of carbonyl (C=O) groups excluding carboxylic acids is 1. The van der Waals surface area contributed by atoms with Crippen molar-refractivity contribution in [3.05, 3.63) is 71.3 Å². The van der Waals surface area contributed by atoms with Crippen LogP contribution in [0.4, 0.5) is 16.0 Å². The maximum atomic E-state index is 13.0. The number of carbonyl (C=O) groups is 1. The maximum Gasteiger partial charge on any atom is 0.257 e. The molecule has 0 aromatic carbocycles. The molecule has 1 fully saturated rings. The summed E-state index contributed by atoms with van der Waals surface area (Å²) in [5.74, 6) is 1.15. The molecule has 1 aliphatic rings. The van der Waals surface area contributed by atoms with Crippen molar-refractivity contribution in [1.29, 1.82) is 0 Å². The first kappa shape index (κ1) is 19.8. The van der Waals surface area contributed by atoms with E-state index in [1.807, 2.05) is 12.1 Å². The molecule has 0 aliphatic carbocycles. The van der Waals surface area contributed by atoms with Gasteiger partial charge in [-0.1, -0.05) is 6.07 Å². The molecule has 0 spiro atoms. The van der Waals surface area contributed by atoms with Gasteiger partial charge in [-0.25, -0.2) is 24.3 Å². The molecule has 9 heteroatoms. The lowest BCUT2D eigenvalue weighted by molar-refractivity contribution is -0.0247. The van der Waals surface area contributed by atoms with Gasteiger partial charge in [0, 0.05) is 12.7 Å². The predicted molar refractivity (Wildman–Crippen MR) is 108 cm³/mol. The Morgan fingerprint density at radius 1 is 1.13 bits per heavy atom. The van der Waals surface area contributed by atoms with Gasteiger partial charge in [-0.15, -0.1) is 0 Å². The molecule has 1 amide bonds. The van der Waals surface area contributed by atoms with Gasteiger partial charge >= 0.3 is 0 Å². The van der Waals surface area contributed by atoms with Crippen LogP contribution >= 0.6 is 0 Å². The van der Waals surface area contributed by atoms with Crippen molar-refractivity contribution in [2.75, 3.05) is 25.0 Å². The van der Waals surface area contributed by atoms with Crippen LogP contribution in [0.2, 0.25) is 0 Å². The van der Waals surface area contributed by atoms with E-state index >= 15 is 0 Å². The van der Waals surface area contributed by atoms with Crippen LogP contribution in [-0.2, 0) is 4.74 Å². The number of amides is 1. The molecule has 30 heavy (non-hydrogen) atoms. The van der Waals surface area contributed by atoms with E-state index in [0.29, 0.717) is 54.1 Å². The van der Waals surface area contributed by atoms with Gasteiger partial charge in [-0.2, -0.15) is 0 Å². The summed E-state index contributed by atoms with van der Waals surface area (Å²) in [6.45, 7) is 4.86. The Hall–Kier alpha value is -3.46. The third-order valence-electron chi connectivity index (χ3n) is 4.77. The summed E-state index contributed by atoms with van der Waals surface area (Å²) in [6.07, 6.45) is 2.34. The third-order valence-corrected chi connectivity index (χ3v) is 4.77. The van der Waals surface area contributed by atoms with Gasteiger partial charge in [-0.05, 0) is 38.1 Å². The van der Waals surface area contributed by atoms with E-state index in [4.69, 9.17) is 4.74 Å². The van der Waals surface area contributed by atoms with Crippen molar-refractivity contribution in [1.82, 2.24) is 24.8 Å². The number of ether oxygens (including phenoxy) is 1. The quantitative estimate of drug-likeness (QED) is 0.709. The molecule has 0 bridgehead atoms. The molecule has 0 saturated carbocycles. The molecule has 1 saturated heterocycles. The van der Waals surface area contributed by atoms with Crippen molar-refractivity contribution in [3.8, 4) is 0 Å². The Bertz CT molecular complexity index is 1060. The predicted octanol–water partition coefficient (Wildman–Crippen LogP) is 2.98. The molecule has 4 heterocycles. The largest absolute Gasteiger partial charge is 0.368 e. The molecule has 3 aromatic heterocycles. The summed E-state index contributed by atoms with van der Waals surface area (Å²) in [7, 11) is 0. The van der Waals surface area contributed by atoms with Crippen LogP contribution < -0.4 is 5.32 Å². The highest BCUT2D eigenvalue weighted by Gasteiger charge is 2.28. The highest BCUT2D eigenvalue weighted by Crippen LogP contribution is 2.24. The number of aryl methyl sites for hydroxylation is 2. The summed E-state index contributed by atoms with van der Waals surface area (Å²) in [4.78, 5) is 31.7. The fraction of sp³-hybridized carbons (Fsp3) is 0.286. The zero-order chi connectivity index (χ0) is 21.1. The number of morpholine rings is 1.